The van der Waals surface area contributed by atoms with Gasteiger partial charge in [-0.25, -0.2) is 0 Å². The predicted molar refractivity (Wildman–Crippen MR) is 96.7 cm³/mol. The number of aromatic amines is 1. The van der Waals surface area contributed by atoms with Crippen molar-refractivity contribution >= 4 is 5.91 Å². The Labute approximate surface area is 147 Å². The van der Waals surface area contributed by atoms with E-state index in [4.69, 9.17) is 4.74 Å². The van der Waals surface area contributed by atoms with Crippen molar-refractivity contribution in [2.45, 2.75) is 32.8 Å². The fourth-order valence-electron chi connectivity index (χ4n) is 3.25. The fourth-order valence-corrected chi connectivity index (χ4v) is 3.25. The van der Waals surface area contributed by atoms with Crippen LogP contribution in [0.1, 0.15) is 46.1 Å². The Balaban J connectivity index is 1.68. The molecule has 1 aliphatic heterocycles. The van der Waals surface area contributed by atoms with Crippen LogP contribution in [0.15, 0.2) is 41.2 Å². The van der Waals surface area contributed by atoms with Gasteiger partial charge in [0.1, 0.15) is 5.56 Å². The number of aromatic nitrogens is 1. The summed E-state index contributed by atoms with van der Waals surface area (Å²) in [5.41, 5.74) is 2.88. The van der Waals surface area contributed by atoms with Crippen LogP contribution >= 0.6 is 0 Å². The lowest BCUT2D eigenvalue weighted by Crippen LogP contribution is -2.37. The summed E-state index contributed by atoms with van der Waals surface area (Å²) in [6.07, 6.45) is 1.95. The zero-order valence-corrected chi connectivity index (χ0v) is 14.7. The highest BCUT2D eigenvalue weighted by Crippen LogP contribution is 2.33. The third kappa shape index (κ3) is 4.17. The Morgan fingerprint density at radius 2 is 1.96 bits per heavy atom. The number of hydrogen-bond acceptors (Lipinski definition) is 3. The van der Waals surface area contributed by atoms with Gasteiger partial charge in [-0.15, -0.1) is 0 Å². The van der Waals surface area contributed by atoms with Crippen molar-refractivity contribution in [1.29, 1.82) is 0 Å². The summed E-state index contributed by atoms with van der Waals surface area (Å²) in [4.78, 5) is 26.9. The Morgan fingerprint density at radius 1 is 1.20 bits per heavy atom. The van der Waals surface area contributed by atoms with E-state index in [0.717, 1.165) is 30.7 Å². The molecule has 25 heavy (non-hydrogen) atoms. The second kappa shape index (κ2) is 7.66. The maximum Gasteiger partial charge on any atom is 0.260 e. The van der Waals surface area contributed by atoms with Gasteiger partial charge in [0.05, 0.1) is 6.10 Å². The zero-order chi connectivity index (χ0) is 17.8. The van der Waals surface area contributed by atoms with Gasteiger partial charge >= 0.3 is 0 Å². The molecule has 1 aromatic heterocycles. The van der Waals surface area contributed by atoms with Crippen LogP contribution in [0, 0.1) is 19.8 Å². The number of aryl methyl sites for hydroxylation is 2. The number of ether oxygens (including phenoxy) is 1. The molecule has 1 fully saturated rings. The molecule has 1 amide bonds. The Bertz CT molecular complexity index is 795. The predicted octanol–water partition coefficient (Wildman–Crippen LogP) is 2.89. The number of rotatable bonds is 4. The molecule has 1 aliphatic rings. The maximum atomic E-state index is 12.3. The number of pyridine rings is 1. The quantitative estimate of drug-likeness (QED) is 0.899. The Hall–Kier alpha value is -2.40. The highest BCUT2D eigenvalue weighted by atomic mass is 16.5. The van der Waals surface area contributed by atoms with Gasteiger partial charge in [0.25, 0.3) is 11.5 Å². The molecular weight excluding hydrogens is 316 g/mol. The van der Waals surface area contributed by atoms with Gasteiger partial charge in [0.15, 0.2) is 0 Å². The number of benzene rings is 1. The standard InChI is InChI=1S/C20H24N2O3/c1-13-5-8-15(9-6-13)18-16(4-3-11-25-18)12-21-19(23)17-10-7-14(2)22-20(17)24/h5-10,16,18H,3-4,11-12H2,1-2H3,(H,21,23)(H,22,24)/t16-,18+/m0/s1. The summed E-state index contributed by atoms with van der Waals surface area (Å²) >= 11 is 0. The van der Waals surface area contributed by atoms with Crippen molar-refractivity contribution in [3.8, 4) is 0 Å². The molecule has 0 radical (unpaired) electrons. The van der Waals surface area contributed by atoms with Crippen molar-refractivity contribution in [3.63, 3.8) is 0 Å². The minimum absolute atomic E-state index is 0.0223. The molecule has 2 aromatic rings. The summed E-state index contributed by atoms with van der Waals surface area (Å²) in [5, 5.41) is 2.90. The number of H-pyrrole nitrogens is 1. The molecule has 2 N–H and O–H groups in total. The summed E-state index contributed by atoms with van der Waals surface area (Å²) in [6, 6.07) is 11.6. The third-order valence-electron chi connectivity index (χ3n) is 4.68. The minimum Gasteiger partial charge on any atom is -0.373 e. The molecule has 5 nitrogen and oxygen atoms in total. The van der Waals surface area contributed by atoms with E-state index in [9.17, 15) is 9.59 Å². The van der Waals surface area contributed by atoms with Crippen molar-refractivity contribution < 1.29 is 9.53 Å². The first-order chi connectivity index (χ1) is 12.0. The summed E-state index contributed by atoms with van der Waals surface area (Å²) in [7, 11) is 0. The van der Waals surface area contributed by atoms with E-state index in [1.165, 1.54) is 5.56 Å². The molecular formula is C20H24N2O3. The van der Waals surface area contributed by atoms with Crippen molar-refractivity contribution in [3.05, 3.63) is 69.1 Å². The van der Waals surface area contributed by atoms with E-state index in [0.29, 0.717) is 6.54 Å². The average Bonchev–Trinajstić information content (AvgIpc) is 2.61. The number of hydrogen-bond donors (Lipinski definition) is 2. The van der Waals surface area contributed by atoms with Crippen LogP contribution in [0.4, 0.5) is 0 Å². The van der Waals surface area contributed by atoms with Gasteiger partial charge in [0.2, 0.25) is 0 Å². The summed E-state index contributed by atoms with van der Waals surface area (Å²) in [6.45, 7) is 5.07. The maximum absolute atomic E-state index is 12.3. The van der Waals surface area contributed by atoms with Gasteiger partial charge in [-0.1, -0.05) is 29.8 Å². The second-order valence-corrected chi connectivity index (χ2v) is 6.70. The van der Waals surface area contributed by atoms with Crippen LogP contribution in [0.3, 0.4) is 0 Å². The van der Waals surface area contributed by atoms with Crippen LogP contribution in [0.5, 0.6) is 0 Å². The number of carbonyl (C=O) groups is 1. The lowest BCUT2D eigenvalue weighted by atomic mass is 9.89. The summed E-state index contributed by atoms with van der Waals surface area (Å²) in [5.74, 6) is -0.139. The Morgan fingerprint density at radius 3 is 2.68 bits per heavy atom. The van der Waals surface area contributed by atoms with E-state index in [1.54, 1.807) is 19.1 Å². The van der Waals surface area contributed by atoms with E-state index < -0.39 is 0 Å². The van der Waals surface area contributed by atoms with Crippen LogP contribution in [-0.2, 0) is 4.74 Å². The van der Waals surface area contributed by atoms with Gasteiger partial charge in [0, 0.05) is 24.8 Å². The molecule has 0 saturated carbocycles. The molecule has 2 heterocycles. The number of amides is 1. The molecule has 0 spiro atoms. The lowest BCUT2D eigenvalue weighted by molar-refractivity contribution is -0.0272. The first-order valence-corrected chi connectivity index (χ1v) is 8.71. The van der Waals surface area contributed by atoms with Gasteiger partial charge in [-0.3, -0.25) is 9.59 Å². The first-order valence-electron chi connectivity index (χ1n) is 8.71. The SMILES string of the molecule is Cc1ccc([C@H]2OCCC[C@H]2CNC(=O)c2ccc(C)[nH]c2=O)cc1. The average molecular weight is 340 g/mol. The van der Waals surface area contributed by atoms with Gasteiger partial charge in [-0.05, 0) is 44.4 Å². The largest absolute Gasteiger partial charge is 0.373 e. The van der Waals surface area contributed by atoms with Crippen LogP contribution in [0.2, 0.25) is 0 Å². The molecule has 5 heteroatoms. The number of nitrogens with one attached hydrogen (secondary N) is 2. The van der Waals surface area contributed by atoms with Crippen LogP contribution in [0.25, 0.3) is 0 Å². The minimum atomic E-state index is -0.354. The number of carbonyl (C=O) groups excluding carboxylic acids is 1. The molecule has 2 atom stereocenters. The Kier molecular flexibility index (Phi) is 5.34. The molecule has 132 valence electrons. The molecule has 1 aromatic carbocycles. The monoisotopic (exact) mass is 340 g/mol. The van der Waals surface area contributed by atoms with Crippen molar-refractivity contribution in [1.82, 2.24) is 10.3 Å². The highest BCUT2D eigenvalue weighted by Gasteiger charge is 2.28. The van der Waals surface area contributed by atoms with E-state index in [1.807, 2.05) is 0 Å². The second-order valence-electron chi connectivity index (χ2n) is 6.70. The van der Waals surface area contributed by atoms with Gasteiger partial charge in [-0.2, -0.15) is 0 Å². The fraction of sp³-hybridized carbons (Fsp3) is 0.400. The van der Waals surface area contributed by atoms with E-state index in [-0.39, 0.29) is 29.1 Å². The molecule has 0 unspecified atom stereocenters. The molecule has 0 bridgehead atoms. The van der Waals surface area contributed by atoms with E-state index in [2.05, 4.69) is 41.5 Å². The van der Waals surface area contributed by atoms with Crippen molar-refractivity contribution in [2.24, 2.45) is 5.92 Å². The van der Waals surface area contributed by atoms with Gasteiger partial charge < -0.3 is 15.0 Å². The normalized spacial score (nSPS) is 20.2. The third-order valence-corrected chi connectivity index (χ3v) is 4.68. The zero-order valence-electron chi connectivity index (χ0n) is 14.7. The van der Waals surface area contributed by atoms with Crippen molar-refractivity contribution in [2.75, 3.05) is 13.2 Å². The topological polar surface area (TPSA) is 71.2 Å². The first kappa shape index (κ1) is 17.4. The van der Waals surface area contributed by atoms with E-state index >= 15 is 0 Å². The molecule has 0 aliphatic carbocycles. The summed E-state index contributed by atoms with van der Waals surface area (Å²) < 4.78 is 5.97. The van der Waals surface area contributed by atoms with Crippen LogP contribution in [-0.4, -0.2) is 24.0 Å². The molecule has 3 rings (SSSR count). The van der Waals surface area contributed by atoms with Crippen LogP contribution < -0.4 is 10.9 Å². The smallest absolute Gasteiger partial charge is 0.260 e. The lowest BCUT2D eigenvalue weighted by Gasteiger charge is -2.32. The highest BCUT2D eigenvalue weighted by molar-refractivity contribution is 5.93. The molecule has 1 saturated heterocycles.